The highest BCUT2D eigenvalue weighted by atomic mass is 19.4. The van der Waals surface area contributed by atoms with Crippen molar-refractivity contribution in [2.75, 3.05) is 0 Å². The number of benzene rings is 2. The monoisotopic (exact) mass is 398 g/mol. The van der Waals surface area contributed by atoms with E-state index in [2.05, 4.69) is 9.97 Å². The number of hydrogen-bond acceptors (Lipinski definition) is 3. The molecule has 0 fully saturated rings. The van der Waals surface area contributed by atoms with Crippen molar-refractivity contribution in [3.63, 3.8) is 0 Å². The first-order valence-electron chi connectivity index (χ1n) is 8.99. The Bertz CT molecular complexity index is 1280. The maximum Gasteiger partial charge on any atom is 0.441 e. The quantitative estimate of drug-likeness (QED) is 0.533. The van der Waals surface area contributed by atoms with Crippen LogP contribution in [0.1, 0.15) is 29.2 Å². The van der Waals surface area contributed by atoms with Crippen molar-refractivity contribution in [3.8, 4) is 6.07 Å². The molecule has 0 aliphatic rings. The van der Waals surface area contributed by atoms with Gasteiger partial charge in [-0.05, 0) is 48.7 Å². The molecule has 1 atom stereocenters. The fraction of sp³-hybridized carbons (Fsp3) is 0.238. The van der Waals surface area contributed by atoms with Crippen molar-refractivity contribution in [3.05, 3.63) is 65.1 Å². The summed E-state index contributed by atoms with van der Waals surface area (Å²) in [4.78, 5) is 6.98. The van der Waals surface area contributed by atoms with Gasteiger partial charge in [-0.25, -0.2) is 4.98 Å². The number of H-pyrrole nitrogens is 1. The second-order valence-electron chi connectivity index (χ2n) is 6.95. The Morgan fingerprint density at radius 3 is 2.66 bits per heavy atom. The van der Waals surface area contributed by atoms with Gasteiger partial charge in [0.2, 0.25) is 0 Å². The van der Waals surface area contributed by atoms with Crippen LogP contribution >= 0.6 is 0 Å². The molecule has 2 N–H and O–H groups in total. The van der Waals surface area contributed by atoms with Gasteiger partial charge in [0.05, 0.1) is 29.0 Å². The van der Waals surface area contributed by atoms with Gasteiger partial charge in [0, 0.05) is 22.7 Å². The molecule has 0 spiro atoms. The average Bonchev–Trinajstić information content (AvgIpc) is 3.33. The minimum absolute atomic E-state index is 0.0788. The van der Waals surface area contributed by atoms with Gasteiger partial charge in [0.25, 0.3) is 5.72 Å². The second-order valence-corrected chi connectivity index (χ2v) is 6.95. The number of nitrogens with zero attached hydrogens (tertiary/aromatic N) is 3. The number of aromatic nitrogens is 3. The zero-order valence-electron chi connectivity index (χ0n) is 15.7. The van der Waals surface area contributed by atoms with Crippen LogP contribution in [-0.2, 0) is 12.1 Å². The van der Waals surface area contributed by atoms with Crippen LogP contribution in [0.5, 0.6) is 0 Å². The molecular formula is C21H17F3N4O. The van der Waals surface area contributed by atoms with Crippen LogP contribution in [0.3, 0.4) is 0 Å². The lowest BCUT2D eigenvalue weighted by Gasteiger charge is -2.35. The number of alkyl halides is 3. The van der Waals surface area contributed by atoms with E-state index < -0.39 is 11.9 Å². The van der Waals surface area contributed by atoms with Crippen LogP contribution in [0, 0.1) is 18.3 Å². The molecule has 2 heterocycles. The Balaban J connectivity index is 2.13. The van der Waals surface area contributed by atoms with Gasteiger partial charge in [0.1, 0.15) is 0 Å². The van der Waals surface area contributed by atoms with Gasteiger partial charge in [-0.3, -0.25) is 4.57 Å². The van der Waals surface area contributed by atoms with Crippen LogP contribution in [-0.4, -0.2) is 25.8 Å². The Labute approximate surface area is 164 Å². The van der Waals surface area contributed by atoms with E-state index in [1.54, 1.807) is 25.3 Å². The highest BCUT2D eigenvalue weighted by molar-refractivity contribution is 5.88. The Hall–Kier alpha value is -3.31. The van der Waals surface area contributed by atoms with Crippen LogP contribution in [0.25, 0.3) is 21.9 Å². The molecule has 29 heavy (non-hydrogen) atoms. The van der Waals surface area contributed by atoms with E-state index in [4.69, 9.17) is 5.26 Å². The lowest BCUT2D eigenvalue weighted by molar-refractivity contribution is -0.277. The molecule has 4 rings (SSSR count). The van der Waals surface area contributed by atoms with Gasteiger partial charge < -0.3 is 10.1 Å². The summed E-state index contributed by atoms with van der Waals surface area (Å²) < 4.78 is 44.3. The molecule has 2 aromatic heterocycles. The average molecular weight is 398 g/mol. The highest BCUT2D eigenvalue weighted by Gasteiger charge is 2.59. The molecule has 0 saturated heterocycles. The first-order valence-corrected chi connectivity index (χ1v) is 8.99. The number of nitriles is 1. The molecule has 148 valence electrons. The maximum atomic E-state index is 14.5. The second kappa shape index (κ2) is 6.36. The number of fused-ring (bicyclic) bond motifs is 2. The number of imidazole rings is 1. The van der Waals surface area contributed by atoms with Gasteiger partial charge in [-0.2, -0.15) is 18.4 Å². The van der Waals surface area contributed by atoms with E-state index in [9.17, 15) is 18.3 Å². The van der Waals surface area contributed by atoms with Gasteiger partial charge in [-0.15, -0.1) is 0 Å². The number of rotatable bonds is 3. The van der Waals surface area contributed by atoms with Crippen LogP contribution in [0.4, 0.5) is 13.2 Å². The van der Waals surface area contributed by atoms with E-state index >= 15 is 0 Å². The molecule has 0 saturated carbocycles. The minimum Gasteiger partial charge on any atom is -0.361 e. The molecule has 4 aromatic rings. The normalized spacial score (nSPS) is 14.2. The molecule has 1 unspecified atom stereocenters. The van der Waals surface area contributed by atoms with E-state index in [0.29, 0.717) is 22.9 Å². The summed E-state index contributed by atoms with van der Waals surface area (Å²) in [5.41, 5.74) is -1.29. The lowest BCUT2D eigenvalue weighted by atomic mass is 9.89. The predicted molar refractivity (Wildman–Crippen MR) is 102 cm³/mol. The fourth-order valence-corrected chi connectivity index (χ4v) is 3.91. The number of hydrogen-bond donors (Lipinski definition) is 2. The van der Waals surface area contributed by atoms with Gasteiger partial charge >= 0.3 is 6.18 Å². The van der Waals surface area contributed by atoms with Crippen molar-refractivity contribution in [1.82, 2.24) is 14.5 Å². The lowest BCUT2D eigenvalue weighted by Crippen LogP contribution is -2.49. The van der Waals surface area contributed by atoms with Crippen LogP contribution in [0.15, 0.2) is 42.9 Å². The summed E-state index contributed by atoms with van der Waals surface area (Å²) in [6.07, 6.45) is -2.20. The molecule has 0 aliphatic carbocycles. The van der Waals surface area contributed by atoms with E-state index in [1.807, 2.05) is 13.0 Å². The minimum atomic E-state index is -5.03. The number of aromatic amines is 1. The zero-order valence-corrected chi connectivity index (χ0v) is 15.7. The van der Waals surface area contributed by atoms with Crippen molar-refractivity contribution in [1.29, 1.82) is 5.26 Å². The van der Waals surface area contributed by atoms with Crippen molar-refractivity contribution in [2.24, 2.45) is 0 Å². The molecule has 0 radical (unpaired) electrons. The number of halogens is 3. The van der Waals surface area contributed by atoms with Crippen LogP contribution in [0.2, 0.25) is 0 Å². The molecule has 5 nitrogen and oxygen atoms in total. The third-order valence-electron chi connectivity index (χ3n) is 5.27. The molecule has 2 aromatic carbocycles. The summed E-state index contributed by atoms with van der Waals surface area (Å²) >= 11 is 0. The predicted octanol–water partition coefficient (Wildman–Crippen LogP) is 4.52. The van der Waals surface area contributed by atoms with E-state index in [1.165, 1.54) is 18.2 Å². The Morgan fingerprint density at radius 1 is 1.24 bits per heavy atom. The van der Waals surface area contributed by atoms with Crippen molar-refractivity contribution >= 4 is 21.9 Å². The van der Waals surface area contributed by atoms with E-state index in [-0.39, 0.29) is 22.2 Å². The van der Waals surface area contributed by atoms with Crippen molar-refractivity contribution < 1.29 is 18.3 Å². The molecule has 8 heteroatoms. The topological polar surface area (TPSA) is 77.6 Å². The molecule has 0 aliphatic heterocycles. The summed E-state index contributed by atoms with van der Waals surface area (Å²) in [7, 11) is 0. The van der Waals surface area contributed by atoms with Crippen LogP contribution < -0.4 is 0 Å². The highest BCUT2D eigenvalue weighted by Crippen LogP contribution is 2.46. The first kappa shape index (κ1) is 19.0. The number of aryl methyl sites for hydroxylation is 2. The zero-order chi connectivity index (χ0) is 21.0. The largest absolute Gasteiger partial charge is 0.441 e. The van der Waals surface area contributed by atoms with E-state index in [0.717, 1.165) is 16.5 Å². The summed E-state index contributed by atoms with van der Waals surface area (Å²) in [6, 6.07) is 9.30. The molecule has 0 bridgehead atoms. The van der Waals surface area contributed by atoms with Gasteiger partial charge in [-0.1, -0.05) is 13.0 Å². The SMILES string of the molecule is CCc1cc(C)c2[nH]ccc2c1C(O)(n1cnc2cc(C#N)ccc21)C(F)(F)F. The first-order chi connectivity index (χ1) is 13.7. The Kier molecular flexibility index (Phi) is 4.17. The summed E-state index contributed by atoms with van der Waals surface area (Å²) in [6.45, 7) is 3.56. The number of nitrogens with one attached hydrogen (secondary N) is 1. The maximum absolute atomic E-state index is 14.5. The smallest absolute Gasteiger partial charge is 0.361 e. The summed E-state index contributed by atoms with van der Waals surface area (Å²) in [5.74, 6) is 0. The summed E-state index contributed by atoms with van der Waals surface area (Å²) in [5, 5.41) is 20.7. The molecular weight excluding hydrogens is 381 g/mol. The van der Waals surface area contributed by atoms with Gasteiger partial charge in [0.15, 0.2) is 0 Å². The number of aliphatic hydroxyl groups is 1. The standard InChI is InChI=1S/C21H17F3N4O/c1-3-14-8-12(2)19-15(6-7-26-19)18(14)20(29,21(22,23)24)28-11-27-16-9-13(10-25)4-5-17(16)28/h4-9,11,26,29H,3H2,1-2H3. The molecule has 0 amide bonds. The Morgan fingerprint density at radius 2 is 2.00 bits per heavy atom. The van der Waals surface area contributed by atoms with Crippen molar-refractivity contribution in [2.45, 2.75) is 32.2 Å². The third kappa shape index (κ3) is 2.62. The third-order valence-corrected chi connectivity index (χ3v) is 5.27. The fourth-order valence-electron chi connectivity index (χ4n) is 3.91.